The van der Waals surface area contributed by atoms with E-state index in [1.807, 2.05) is 24.3 Å². The van der Waals surface area contributed by atoms with Crippen LogP contribution in [0.25, 0.3) is 0 Å². The maximum Gasteiger partial charge on any atom is 0.251 e. The van der Waals surface area contributed by atoms with E-state index >= 15 is 0 Å². The zero-order valence-corrected chi connectivity index (χ0v) is 9.92. The molecule has 1 aromatic carbocycles. The van der Waals surface area contributed by atoms with Crippen molar-refractivity contribution in [2.45, 2.75) is 34.2 Å². The first-order chi connectivity index (χ1) is 6.88. The van der Waals surface area contributed by atoms with Crippen LogP contribution >= 0.6 is 0 Å². The Balaban J connectivity index is 0.000000195. The van der Waals surface area contributed by atoms with E-state index in [0.717, 1.165) is 11.1 Å². The van der Waals surface area contributed by atoms with Gasteiger partial charge >= 0.3 is 0 Å². The largest absolute Gasteiger partial charge is 0.348 e. The molecule has 0 aliphatic carbocycles. The number of hydrogen-bond donors (Lipinski definition) is 1. The van der Waals surface area contributed by atoms with Crippen LogP contribution in [0.3, 0.4) is 0 Å². The van der Waals surface area contributed by atoms with Crippen LogP contribution in [0.2, 0.25) is 0 Å². The fourth-order valence-electron chi connectivity index (χ4n) is 1.17. The van der Waals surface area contributed by atoms with Crippen LogP contribution < -0.4 is 5.32 Å². The molecule has 0 saturated heterocycles. The van der Waals surface area contributed by atoms with Gasteiger partial charge < -0.3 is 5.32 Å². The summed E-state index contributed by atoms with van der Waals surface area (Å²) in [6, 6.07) is 7.63. The molecule has 1 amide bonds. The second kappa shape index (κ2) is 4.47. The minimum atomic E-state index is 0.0515. The Kier molecular flexibility index (Phi) is 3.51. The van der Waals surface area contributed by atoms with Crippen molar-refractivity contribution in [3.63, 3.8) is 0 Å². The zero-order valence-electron chi connectivity index (χ0n) is 9.92. The molecule has 1 aliphatic heterocycles. The molecule has 15 heavy (non-hydrogen) atoms. The van der Waals surface area contributed by atoms with Crippen LogP contribution in [0.4, 0.5) is 0 Å². The highest BCUT2D eigenvalue weighted by molar-refractivity contribution is 5.98. The van der Waals surface area contributed by atoms with Crippen LogP contribution in [0.1, 0.15) is 43.6 Å². The molecule has 2 rings (SSSR count). The fourth-order valence-corrected chi connectivity index (χ4v) is 1.17. The molecule has 0 unspecified atom stereocenters. The van der Waals surface area contributed by atoms with Gasteiger partial charge in [0.1, 0.15) is 0 Å². The zero-order chi connectivity index (χ0) is 11.5. The highest BCUT2D eigenvalue weighted by Gasteiger charge is 2.16. The molecule has 0 atom stereocenters. The summed E-state index contributed by atoms with van der Waals surface area (Å²) in [5.74, 6) is 0.0515. The molecular weight excluding hydrogens is 186 g/mol. The Bertz CT molecular complexity index is 344. The second-order valence-corrected chi connectivity index (χ2v) is 5.34. The summed E-state index contributed by atoms with van der Waals surface area (Å²) < 4.78 is 0. The van der Waals surface area contributed by atoms with Crippen molar-refractivity contribution in [2.24, 2.45) is 5.41 Å². The molecule has 1 N–H and O–H groups in total. The summed E-state index contributed by atoms with van der Waals surface area (Å²) in [6.45, 7) is 9.44. The van der Waals surface area contributed by atoms with Crippen molar-refractivity contribution in [3.8, 4) is 0 Å². The molecule has 1 aliphatic rings. The maximum atomic E-state index is 11.0. The van der Waals surface area contributed by atoms with Gasteiger partial charge in [-0.25, -0.2) is 0 Å². The monoisotopic (exact) mass is 205 g/mol. The minimum absolute atomic E-state index is 0.0515. The molecule has 1 aromatic rings. The smallest absolute Gasteiger partial charge is 0.251 e. The first-order valence-corrected chi connectivity index (χ1v) is 5.24. The van der Waals surface area contributed by atoms with Crippen molar-refractivity contribution in [2.75, 3.05) is 0 Å². The molecule has 2 heteroatoms. The molecule has 0 radical (unpaired) electrons. The van der Waals surface area contributed by atoms with E-state index in [4.69, 9.17) is 0 Å². The van der Waals surface area contributed by atoms with Gasteiger partial charge in [-0.3, -0.25) is 4.79 Å². The van der Waals surface area contributed by atoms with E-state index in [1.165, 1.54) is 0 Å². The van der Waals surface area contributed by atoms with E-state index in [9.17, 15) is 4.79 Å². The third-order valence-electron chi connectivity index (χ3n) is 1.70. The van der Waals surface area contributed by atoms with Crippen molar-refractivity contribution in [1.29, 1.82) is 0 Å². The third-order valence-corrected chi connectivity index (χ3v) is 1.70. The lowest BCUT2D eigenvalue weighted by atomic mass is 10.0. The number of carbonyl (C=O) groups excluding carboxylic acids is 1. The van der Waals surface area contributed by atoms with Crippen molar-refractivity contribution in [1.82, 2.24) is 5.32 Å². The summed E-state index contributed by atoms with van der Waals surface area (Å²) in [5, 5.41) is 2.75. The SMILES string of the molecule is CC(C)(C)C.O=C1NCc2ccccc21. The normalized spacial score (nSPS) is 13.7. The number of hydrogen-bond acceptors (Lipinski definition) is 1. The lowest BCUT2D eigenvalue weighted by Gasteiger charge is -2.05. The first kappa shape index (κ1) is 11.8. The van der Waals surface area contributed by atoms with Gasteiger partial charge in [-0.1, -0.05) is 45.9 Å². The number of benzene rings is 1. The van der Waals surface area contributed by atoms with Gasteiger partial charge in [0.2, 0.25) is 0 Å². The van der Waals surface area contributed by atoms with Crippen molar-refractivity contribution in [3.05, 3.63) is 35.4 Å². The Labute approximate surface area is 91.7 Å². The molecule has 1 heterocycles. The fraction of sp³-hybridized carbons (Fsp3) is 0.462. The predicted octanol–water partition coefficient (Wildman–Crippen LogP) is 2.98. The Morgan fingerprint density at radius 2 is 1.67 bits per heavy atom. The number of amides is 1. The average molecular weight is 205 g/mol. The summed E-state index contributed by atoms with van der Waals surface area (Å²) in [5.41, 5.74) is 2.43. The molecule has 0 fully saturated rings. The number of rotatable bonds is 0. The second-order valence-electron chi connectivity index (χ2n) is 5.34. The highest BCUT2D eigenvalue weighted by Crippen LogP contribution is 2.13. The standard InChI is InChI=1S/C8H7NO.C5H12/c10-8-7-4-2-1-3-6(7)5-9-8;1-5(2,3)4/h1-4H,5H2,(H,9,10);1-4H3. The molecule has 0 bridgehead atoms. The Hall–Kier alpha value is -1.31. The Morgan fingerprint density at radius 1 is 1.13 bits per heavy atom. The predicted molar refractivity (Wildman–Crippen MR) is 62.7 cm³/mol. The van der Waals surface area contributed by atoms with Crippen LogP contribution in [0.5, 0.6) is 0 Å². The van der Waals surface area contributed by atoms with Gasteiger partial charge in [-0.05, 0) is 17.0 Å². The first-order valence-electron chi connectivity index (χ1n) is 5.24. The number of fused-ring (bicyclic) bond motifs is 1. The molecule has 0 saturated carbocycles. The van der Waals surface area contributed by atoms with E-state index in [2.05, 4.69) is 33.0 Å². The number of nitrogens with one attached hydrogen (secondary N) is 1. The molecule has 2 nitrogen and oxygen atoms in total. The van der Waals surface area contributed by atoms with E-state index in [-0.39, 0.29) is 5.91 Å². The van der Waals surface area contributed by atoms with Crippen molar-refractivity contribution >= 4 is 5.91 Å². The van der Waals surface area contributed by atoms with Gasteiger partial charge in [0.15, 0.2) is 0 Å². The van der Waals surface area contributed by atoms with Crippen LogP contribution in [-0.2, 0) is 6.54 Å². The van der Waals surface area contributed by atoms with Gasteiger partial charge in [0.25, 0.3) is 5.91 Å². The van der Waals surface area contributed by atoms with Crippen LogP contribution in [0, 0.1) is 5.41 Å². The molecule has 0 spiro atoms. The minimum Gasteiger partial charge on any atom is -0.348 e. The summed E-state index contributed by atoms with van der Waals surface area (Å²) >= 11 is 0. The summed E-state index contributed by atoms with van der Waals surface area (Å²) in [7, 11) is 0. The molecule has 0 aromatic heterocycles. The van der Waals surface area contributed by atoms with Gasteiger partial charge in [-0.2, -0.15) is 0 Å². The topological polar surface area (TPSA) is 29.1 Å². The highest BCUT2D eigenvalue weighted by atomic mass is 16.1. The van der Waals surface area contributed by atoms with E-state index in [0.29, 0.717) is 12.0 Å². The van der Waals surface area contributed by atoms with Gasteiger partial charge in [0, 0.05) is 12.1 Å². The summed E-state index contributed by atoms with van der Waals surface area (Å²) in [6.07, 6.45) is 0. The van der Waals surface area contributed by atoms with Gasteiger partial charge in [0.05, 0.1) is 0 Å². The Morgan fingerprint density at radius 3 is 2.20 bits per heavy atom. The van der Waals surface area contributed by atoms with Crippen molar-refractivity contribution < 1.29 is 4.79 Å². The van der Waals surface area contributed by atoms with E-state index in [1.54, 1.807) is 0 Å². The lowest BCUT2D eigenvalue weighted by molar-refractivity contribution is 0.0966. The molecule has 82 valence electrons. The maximum absolute atomic E-state index is 11.0. The van der Waals surface area contributed by atoms with Gasteiger partial charge in [-0.15, -0.1) is 0 Å². The van der Waals surface area contributed by atoms with Crippen LogP contribution in [-0.4, -0.2) is 5.91 Å². The van der Waals surface area contributed by atoms with Crippen LogP contribution in [0.15, 0.2) is 24.3 Å². The van der Waals surface area contributed by atoms with E-state index < -0.39 is 0 Å². The quantitative estimate of drug-likeness (QED) is 0.693. The number of carbonyl (C=O) groups is 1. The average Bonchev–Trinajstić information content (AvgIpc) is 2.46. The summed E-state index contributed by atoms with van der Waals surface area (Å²) in [4.78, 5) is 11.0. The third kappa shape index (κ3) is 4.15. The molecular formula is C13H19NO. The lowest BCUT2D eigenvalue weighted by Crippen LogP contribution is -2.12.